The Morgan fingerprint density at radius 2 is 1.94 bits per heavy atom. The summed E-state index contributed by atoms with van der Waals surface area (Å²) in [4.78, 5) is 16.0. The number of aromatic nitrogens is 1. The predicted molar refractivity (Wildman–Crippen MR) is 68.6 cm³/mol. The number of aliphatic hydroxyl groups is 1. The Bertz CT molecular complexity index is 419. The summed E-state index contributed by atoms with van der Waals surface area (Å²) < 4.78 is 4.92. The fraction of sp³-hybridized carbons (Fsp3) is 0.538. The maximum Gasteiger partial charge on any atom is 0.253 e. The highest BCUT2D eigenvalue weighted by Gasteiger charge is 2.36. The first-order valence-electron chi connectivity index (χ1n) is 5.72. The number of rotatable bonds is 4. The molecule has 1 rings (SSSR count). The SMILES string of the molecule is COc1ccc(C(=O)NC(C)(C)C(C)(C)O)cn1. The molecule has 0 fully saturated rings. The van der Waals surface area contributed by atoms with Gasteiger partial charge in [-0.05, 0) is 33.8 Å². The molecule has 1 amide bonds. The van der Waals surface area contributed by atoms with Crippen molar-refractivity contribution in [2.24, 2.45) is 0 Å². The largest absolute Gasteiger partial charge is 0.481 e. The van der Waals surface area contributed by atoms with Gasteiger partial charge < -0.3 is 15.2 Å². The molecule has 0 saturated heterocycles. The Kier molecular flexibility index (Phi) is 3.96. The second-order valence-corrected chi connectivity index (χ2v) is 5.23. The van der Waals surface area contributed by atoms with E-state index in [1.165, 1.54) is 13.3 Å². The van der Waals surface area contributed by atoms with Gasteiger partial charge in [-0.3, -0.25) is 4.79 Å². The van der Waals surface area contributed by atoms with Gasteiger partial charge in [-0.25, -0.2) is 4.98 Å². The van der Waals surface area contributed by atoms with E-state index in [0.29, 0.717) is 11.4 Å². The van der Waals surface area contributed by atoms with Crippen molar-refractivity contribution in [1.82, 2.24) is 10.3 Å². The van der Waals surface area contributed by atoms with Crippen molar-refractivity contribution in [3.8, 4) is 5.88 Å². The second kappa shape index (κ2) is 4.94. The van der Waals surface area contributed by atoms with Crippen molar-refractivity contribution < 1.29 is 14.6 Å². The molecule has 1 aromatic heterocycles. The molecule has 18 heavy (non-hydrogen) atoms. The minimum atomic E-state index is -1.03. The number of hydrogen-bond donors (Lipinski definition) is 2. The van der Waals surface area contributed by atoms with E-state index >= 15 is 0 Å². The van der Waals surface area contributed by atoms with Gasteiger partial charge in [0.25, 0.3) is 5.91 Å². The van der Waals surface area contributed by atoms with Crippen LogP contribution in [-0.2, 0) is 0 Å². The van der Waals surface area contributed by atoms with Crippen molar-refractivity contribution in [2.75, 3.05) is 7.11 Å². The minimum Gasteiger partial charge on any atom is -0.481 e. The van der Waals surface area contributed by atoms with Crippen LogP contribution < -0.4 is 10.1 Å². The van der Waals surface area contributed by atoms with Crippen LogP contribution >= 0.6 is 0 Å². The Balaban J connectivity index is 2.82. The van der Waals surface area contributed by atoms with Gasteiger partial charge in [0.05, 0.1) is 23.8 Å². The van der Waals surface area contributed by atoms with Crippen LogP contribution in [0.1, 0.15) is 38.1 Å². The number of nitrogens with zero attached hydrogens (tertiary/aromatic N) is 1. The molecule has 0 saturated carbocycles. The quantitative estimate of drug-likeness (QED) is 0.849. The highest BCUT2D eigenvalue weighted by Crippen LogP contribution is 2.21. The lowest BCUT2D eigenvalue weighted by atomic mass is 9.86. The smallest absolute Gasteiger partial charge is 0.253 e. The number of carbonyl (C=O) groups is 1. The fourth-order valence-electron chi connectivity index (χ4n) is 1.14. The molecule has 0 aliphatic carbocycles. The molecule has 1 heterocycles. The van der Waals surface area contributed by atoms with Crippen LogP contribution in [0, 0.1) is 0 Å². The zero-order valence-electron chi connectivity index (χ0n) is 11.4. The molecule has 0 bridgehead atoms. The van der Waals surface area contributed by atoms with Gasteiger partial charge in [0.2, 0.25) is 5.88 Å². The van der Waals surface area contributed by atoms with E-state index in [1.807, 2.05) is 0 Å². The average Bonchev–Trinajstić information content (AvgIpc) is 2.27. The van der Waals surface area contributed by atoms with Crippen LogP contribution in [0.2, 0.25) is 0 Å². The van der Waals surface area contributed by atoms with E-state index < -0.39 is 11.1 Å². The topological polar surface area (TPSA) is 71.5 Å². The first-order chi connectivity index (χ1) is 8.17. The highest BCUT2D eigenvalue weighted by atomic mass is 16.5. The van der Waals surface area contributed by atoms with E-state index in [9.17, 15) is 9.90 Å². The molecule has 0 aliphatic heterocycles. The van der Waals surface area contributed by atoms with Crippen LogP contribution in [0.3, 0.4) is 0 Å². The van der Waals surface area contributed by atoms with Crippen molar-refractivity contribution in [2.45, 2.75) is 38.8 Å². The number of carbonyl (C=O) groups excluding carboxylic acids is 1. The zero-order valence-corrected chi connectivity index (χ0v) is 11.4. The zero-order chi connectivity index (χ0) is 14.0. The Morgan fingerprint density at radius 1 is 1.33 bits per heavy atom. The number of methoxy groups -OCH3 is 1. The van der Waals surface area contributed by atoms with E-state index in [1.54, 1.807) is 39.8 Å². The molecule has 0 radical (unpaired) electrons. The maximum absolute atomic E-state index is 12.0. The lowest BCUT2D eigenvalue weighted by molar-refractivity contribution is -0.00293. The molecule has 0 aliphatic rings. The third-order valence-corrected chi connectivity index (χ3v) is 3.16. The normalized spacial score (nSPS) is 12.1. The fourth-order valence-corrected chi connectivity index (χ4v) is 1.14. The summed E-state index contributed by atoms with van der Waals surface area (Å²) in [6, 6.07) is 3.24. The van der Waals surface area contributed by atoms with Gasteiger partial charge in [0, 0.05) is 12.3 Å². The summed E-state index contributed by atoms with van der Waals surface area (Å²) in [5, 5.41) is 12.8. The lowest BCUT2D eigenvalue weighted by Gasteiger charge is -2.37. The van der Waals surface area contributed by atoms with E-state index in [4.69, 9.17) is 4.74 Å². The van der Waals surface area contributed by atoms with Crippen LogP contribution in [0.4, 0.5) is 0 Å². The van der Waals surface area contributed by atoms with Gasteiger partial charge in [-0.2, -0.15) is 0 Å². The van der Waals surface area contributed by atoms with E-state index in [-0.39, 0.29) is 5.91 Å². The molecule has 5 nitrogen and oxygen atoms in total. The van der Waals surface area contributed by atoms with Crippen LogP contribution in [0.25, 0.3) is 0 Å². The molecule has 1 aromatic rings. The molecule has 0 atom stereocenters. The number of pyridine rings is 1. The summed E-state index contributed by atoms with van der Waals surface area (Å²) in [5.41, 5.74) is -1.35. The third kappa shape index (κ3) is 3.20. The third-order valence-electron chi connectivity index (χ3n) is 3.16. The maximum atomic E-state index is 12.0. The predicted octanol–water partition coefficient (Wildman–Crippen LogP) is 1.37. The summed E-state index contributed by atoms with van der Waals surface area (Å²) >= 11 is 0. The first-order valence-corrected chi connectivity index (χ1v) is 5.72. The standard InChI is InChI=1S/C13H20N2O3/c1-12(2,13(3,4)17)15-11(16)9-6-7-10(18-5)14-8-9/h6-8,17H,1-5H3,(H,15,16). The Hall–Kier alpha value is -1.62. The molecule has 100 valence electrons. The molecule has 2 N–H and O–H groups in total. The lowest BCUT2D eigenvalue weighted by Crippen LogP contribution is -2.57. The van der Waals surface area contributed by atoms with E-state index in [0.717, 1.165) is 0 Å². The van der Waals surface area contributed by atoms with Gasteiger partial charge in [0.15, 0.2) is 0 Å². The number of nitrogens with one attached hydrogen (secondary N) is 1. The van der Waals surface area contributed by atoms with Gasteiger partial charge >= 0.3 is 0 Å². The number of amides is 1. The van der Waals surface area contributed by atoms with Crippen LogP contribution in [0.15, 0.2) is 18.3 Å². The summed E-state index contributed by atoms with van der Waals surface area (Å²) in [6.45, 7) is 6.84. The van der Waals surface area contributed by atoms with Crippen LogP contribution in [0.5, 0.6) is 5.88 Å². The number of hydrogen-bond acceptors (Lipinski definition) is 4. The summed E-state index contributed by atoms with van der Waals surface area (Å²) in [6.07, 6.45) is 1.44. The summed E-state index contributed by atoms with van der Waals surface area (Å²) in [7, 11) is 1.51. The van der Waals surface area contributed by atoms with Crippen molar-refractivity contribution in [3.05, 3.63) is 23.9 Å². The molecule has 0 unspecified atom stereocenters. The van der Waals surface area contributed by atoms with Crippen molar-refractivity contribution in [1.29, 1.82) is 0 Å². The number of ether oxygens (including phenoxy) is 1. The Morgan fingerprint density at radius 3 is 2.33 bits per heavy atom. The molecule has 0 spiro atoms. The van der Waals surface area contributed by atoms with E-state index in [2.05, 4.69) is 10.3 Å². The highest BCUT2D eigenvalue weighted by molar-refractivity contribution is 5.94. The van der Waals surface area contributed by atoms with Gasteiger partial charge in [-0.15, -0.1) is 0 Å². The van der Waals surface area contributed by atoms with Crippen molar-refractivity contribution >= 4 is 5.91 Å². The first kappa shape index (κ1) is 14.4. The van der Waals surface area contributed by atoms with Crippen molar-refractivity contribution in [3.63, 3.8) is 0 Å². The molecular weight excluding hydrogens is 232 g/mol. The molecule has 5 heteroatoms. The van der Waals surface area contributed by atoms with Crippen LogP contribution in [-0.4, -0.2) is 34.2 Å². The molecular formula is C13H20N2O3. The Labute approximate surface area is 107 Å². The minimum absolute atomic E-state index is 0.280. The monoisotopic (exact) mass is 252 g/mol. The summed E-state index contributed by atoms with van der Waals surface area (Å²) in [5.74, 6) is 0.172. The second-order valence-electron chi connectivity index (χ2n) is 5.23. The van der Waals surface area contributed by atoms with Gasteiger partial charge in [0.1, 0.15) is 0 Å². The van der Waals surface area contributed by atoms with Gasteiger partial charge in [-0.1, -0.05) is 0 Å². The molecule has 0 aromatic carbocycles. The average molecular weight is 252 g/mol.